The van der Waals surface area contributed by atoms with Gasteiger partial charge in [-0.25, -0.2) is 9.59 Å². The Morgan fingerprint density at radius 2 is 1.61 bits per heavy atom. The van der Waals surface area contributed by atoms with E-state index in [1.165, 1.54) is 6.92 Å². The molecule has 38 heavy (non-hydrogen) atoms. The van der Waals surface area contributed by atoms with Crippen molar-refractivity contribution in [2.45, 2.75) is 84.0 Å². The lowest BCUT2D eigenvalue weighted by molar-refractivity contribution is -0.153. The number of ether oxygens (including phenoxy) is 4. The Labute approximate surface area is 224 Å². The number of amides is 1. The molecular weight excluding hydrogens is 486 g/mol. The number of nitrogens with one attached hydrogen (secondary N) is 1. The van der Waals surface area contributed by atoms with Crippen LogP contribution in [0, 0.1) is 0 Å². The Bertz CT molecular complexity index is 1110. The lowest BCUT2D eigenvalue weighted by Gasteiger charge is -2.29. The Morgan fingerprint density at radius 1 is 0.947 bits per heavy atom. The first-order valence-electron chi connectivity index (χ1n) is 12.8. The molecule has 0 saturated heterocycles. The lowest BCUT2D eigenvalue weighted by atomic mass is 10.00. The smallest absolute Gasteiger partial charge is 0.408 e. The number of benzene rings is 2. The van der Waals surface area contributed by atoms with Crippen molar-refractivity contribution in [3.8, 4) is 0 Å². The molecule has 0 saturated carbocycles. The van der Waals surface area contributed by atoms with Gasteiger partial charge in [0, 0.05) is 19.8 Å². The second kappa shape index (κ2) is 13.2. The standard InChI is InChI=1S/C30H37NO7/c1-20-27(37-21(2)32)16-15-25(36-20)17-22-11-13-23(14-12-22)18-26(31-29(34)38-30(3,4)5)28(33)35-19-24-9-7-6-8-10-24/h6-16,20,25-27H,17-19H2,1-5H3,(H,31,34)/t20-,25+,26-,27+/m0/s1. The SMILES string of the molecule is CC(=O)O[C@@H]1C=C[C@H](Cc2ccc(C[C@H](NC(=O)OC(C)(C)C)C(=O)OCc3ccccc3)cc2)O[C@H]1C. The predicted molar refractivity (Wildman–Crippen MR) is 142 cm³/mol. The Morgan fingerprint density at radius 3 is 2.21 bits per heavy atom. The minimum atomic E-state index is -0.914. The van der Waals surface area contributed by atoms with E-state index in [2.05, 4.69) is 5.32 Å². The van der Waals surface area contributed by atoms with Crippen LogP contribution in [0.5, 0.6) is 0 Å². The summed E-state index contributed by atoms with van der Waals surface area (Å²) in [7, 11) is 0. The highest BCUT2D eigenvalue weighted by molar-refractivity contribution is 5.81. The maximum atomic E-state index is 12.9. The van der Waals surface area contributed by atoms with E-state index in [4.69, 9.17) is 18.9 Å². The molecule has 0 unspecified atom stereocenters. The van der Waals surface area contributed by atoms with E-state index >= 15 is 0 Å². The second-order valence-electron chi connectivity index (χ2n) is 10.4. The molecule has 3 rings (SSSR count). The van der Waals surface area contributed by atoms with E-state index in [0.717, 1.165) is 16.7 Å². The first kappa shape index (κ1) is 28.9. The van der Waals surface area contributed by atoms with E-state index in [9.17, 15) is 14.4 Å². The van der Waals surface area contributed by atoms with Gasteiger partial charge in [-0.05, 0) is 50.5 Å². The number of carbonyl (C=O) groups is 3. The van der Waals surface area contributed by atoms with E-state index in [0.29, 0.717) is 6.42 Å². The summed E-state index contributed by atoms with van der Waals surface area (Å²) in [6, 6.07) is 16.2. The molecule has 1 amide bonds. The summed E-state index contributed by atoms with van der Waals surface area (Å²) in [5, 5.41) is 2.66. The quantitative estimate of drug-likeness (QED) is 0.289. The van der Waals surface area contributed by atoms with Crippen LogP contribution in [0.1, 0.15) is 51.3 Å². The molecule has 0 bridgehead atoms. The van der Waals surface area contributed by atoms with Crippen LogP contribution < -0.4 is 5.32 Å². The largest absolute Gasteiger partial charge is 0.459 e. The summed E-state index contributed by atoms with van der Waals surface area (Å²) in [6.45, 7) is 8.65. The van der Waals surface area contributed by atoms with Crippen molar-refractivity contribution in [1.29, 1.82) is 0 Å². The zero-order valence-corrected chi connectivity index (χ0v) is 22.6. The molecule has 1 heterocycles. The normalized spacial score (nSPS) is 19.8. The molecule has 0 radical (unpaired) electrons. The number of rotatable bonds is 9. The number of alkyl carbamates (subject to hydrolysis) is 1. The highest BCUT2D eigenvalue weighted by Crippen LogP contribution is 2.20. The van der Waals surface area contributed by atoms with Gasteiger partial charge in [-0.1, -0.05) is 60.7 Å². The summed E-state index contributed by atoms with van der Waals surface area (Å²) in [4.78, 5) is 36.6. The van der Waals surface area contributed by atoms with Crippen molar-refractivity contribution in [1.82, 2.24) is 5.32 Å². The van der Waals surface area contributed by atoms with Gasteiger partial charge in [-0.3, -0.25) is 4.79 Å². The van der Waals surface area contributed by atoms with Gasteiger partial charge in [0.2, 0.25) is 0 Å². The van der Waals surface area contributed by atoms with E-state index in [-0.39, 0.29) is 37.3 Å². The fourth-order valence-corrected chi connectivity index (χ4v) is 3.98. The topological polar surface area (TPSA) is 100 Å². The average molecular weight is 524 g/mol. The highest BCUT2D eigenvalue weighted by Gasteiger charge is 2.27. The van der Waals surface area contributed by atoms with Gasteiger partial charge in [0.15, 0.2) is 0 Å². The zero-order chi connectivity index (χ0) is 27.7. The molecule has 4 atom stereocenters. The number of carbonyl (C=O) groups excluding carboxylic acids is 3. The third-order valence-electron chi connectivity index (χ3n) is 5.77. The molecule has 0 fully saturated rings. The molecule has 2 aromatic rings. The van der Waals surface area contributed by atoms with E-state index in [1.54, 1.807) is 20.8 Å². The molecule has 1 aliphatic rings. The molecule has 0 aliphatic carbocycles. The van der Waals surface area contributed by atoms with Crippen LogP contribution in [-0.4, -0.2) is 48.0 Å². The van der Waals surface area contributed by atoms with Gasteiger partial charge < -0.3 is 24.3 Å². The summed E-state index contributed by atoms with van der Waals surface area (Å²) in [6.07, 6.45) is 3.21. The zero-order valence-electron chi connectivity index (χ0n) is 22.6. The van der Waals surface area contributed by atoms with Crippen LogP contribution in [0.2, 0.25) is 0 Å². The van der Waals surface area contributed by atoms with Crippen LogP contribution in [-0.2, 0) is 48.0 Å². The number of esters is 2. The van der Waals surface area contributed by atoms with Crippen molar-refractivity contribution < 1.29 is 33.3 Å². The minimum absolute atomic E-state index is 0.108. The van der Waals surface area contributed by atoms with Crippen LogP contribution >= 0.6 is 0 Å². The minimum Gasteiger partial charge on any atom is -0.459 e. The van der Waals surface area contributed by atoms with Crippen LogP contribution in [0.25, 0.3) is 0 Å². The summed E-state index contributed by atoms with van der Waals surface area (Å²) < 4.78 is 22.1. The third kappa shape index (κ3) is 9.67. The van der Waals surface area contributed by atoms with E-state index in [1.807, 2.05) is 73.7 Å². The number of hydrogen-bond acceptors (Lipinski definition) is 7. The first-order valence-corrected chi connectivity index (χ1v) is 12.8. The summed E-state index contributed by atoms with van der Waals surface area (Å²) >= 11 is 0. The summed E-state index contributed by atoms with van der Waals surface area (Å²) in [5.74, 6) is -0.881. The molecule has 1 aliphatic heterocycles. The van der Waals surface area contributed by atoms with Crippen molar-refractivity contribution in [3.05, 3.63) is 83.4 Å². The van der Waals surface area contributed by atoms with Gasteiger partial charge in [0.1, 0.15) is 24.4 Å². The molecule has 8 nitrogen and oxygen atoms in total. The predicted octanol–water partition coefficient (Wildman–Crippen LogP) is 4.68. The van der Waals surface area contributed by atoms with Gasteiger partial charge >= 0.3 is 18.0 Å². The molecule has 2 aromatic carbocycles. The lowest BCUT2D eigenvalue weighted by Crippen LogP contribution is -2.45. The fraction of sp³-hybridized carbons (Fsp3) is 0.433. The highest BCUT2D eigenvalue weighted by atomic mass is 16.6. The second-order valence-corrected chi connectivity index (χ2v) is 10.4. The van der Waals surface area contributed by atoms with Gasteiger partial charge in [-0.2, -0.15) is 0 Å². The molecule has 8 heteroatoms. The monoisotopic (exact) mass is 523 g/mol. The van der Waals surface area contributed by atoms with E-state index < -0.39 is 23.7 Å². The van der Waals surface area contributed by atoms with Crippen molar-refractivity contribution in [2.24, 2.45) is 0 Å². The molecule has 0 aromatic heterocycles. The van der Waals surface area contributed by atoms with Gasteiger partial charge in [0.25, 0.3) is 0 Å². The Hall–Kier alpha value is -3.65. The molecular formula is C30H37NO7. The fourth-order valence-electron chi connectivity index (χ4n) is 3.98. The maximum Gasteiger partial charge on any atom is 0.408 e. The van der Waals surface area contributed by atoms with Gasteiger partial charge in [-0.15, -0.1) is 0 Å². The van der Waals surface area contributed by atoms with Crippen molar-refractivity contribution >= 4 is 18.0 Å². The number of hydrogen-bond donors (Lipinski definition) is 1. The molecule has 204 valence electrons. The molecule has 0 spiro atoms. The van der Waals surface area contributed by atoms with Crippen LogP contribution in [0.3, 0.4) is 0 Å². The van der Waals surface area contributed by atoms with Crippen LogP contribution in [0.15, 0.2) is 66.7 Å². The maximum absolute atomic E-state index is 12.9. The Kier molecular flexibility index (Phi) is 10.1. The van der Waals surface area contributed by atoms with Gasteiger partial charge in [0.05, 0.1) is 12.2 Å². The summed E-state index contributed by atoms with van der Waals surface area (Å²) in [5.41, 5.74) is 2.06. The third-order valence-corrected chi connectivity index (χ3v) is 5.77. The van der Waals surface area contributed by atoms with Crippen LogP contribution in [0.4, 0.5) is 4.79 Å². The van der Waals surface area contributed by atoms with Crippen molar-refractivity contribution in [3.63, 3.8) is 0 Å². The molecule has 1 N–H and O–H groups in total. The average Bonchev–Trinajstić information content (AvgIpc) is 2.84. The van der Waals surface area contributed by atoms with Crippen molar-refractivity contribution in [2.75, 3.05) is 0 Å². The first-order chi connectivity index (χ1) is 18.0. The Balaban J connectivity index is 1.63.